The predicted octanol–water partition coefficient (Wildman–Crippen LogP) is 5.28. The van der Waals surface area contributed by atoms with Crippen molar-refractivity contribution < 1.29 is 17.4 Å². The largest absolute Gasteiger partial charge is 0.420 e. The molecular weight excluding hydrogens is 515 g/mol. The number of benzene rings is 1. The molecule has 6 nitrogen and oxygen atoms in total. The van der Waals surface area contributed by atoms with Crippen LogP contribution >= 0.6 is 34.7 Å². The molecule has 3 aromatic rings. The van der Waals surface area contributed by atoms with Gasteiger partial charge in [0.25, 0.3) is 0 Å². The SMILES string of the molecule is CN1CCSc2cc(-c3nc(Nc4cc5c(cc4Cl)CNC5)ncc3C(F)(F)F)sc2S1=O. The number of alkyl halides is 3. The Morgan fingerprint density at radius 2 is 2.00 bits per heavy atom. The molecule has 174 valence electrons. The van der Waals surface area contributed by atoms with Crippen LogP contribution in [-0.4, -0.2) is 37.8 Å². The lowest BCUT2D eigenvalue weighted by atomic mass is 10.1. The molecule has 5 rings (SSSR count). The van der Waals surface area contributed by atoms with E-state index in [-0.39, 0.29) is 16.5 Å². The summed E-state index contributed by atoms with van der Waals surface area (Å²) in [4.78, 5) is 9.13. The highest BCUT2D eigenvalue weighted by molar-refractivity contribution is 8.00. The number of hydrogen-bond donors (Lipinski definition) is 2. The van der Waals surface area contributed by atoms with E-state index >= 15 is 0 Å². The van der Waals surface area contributed by atoms with E-state index in [1.165, 1.54) is 11.8 Å². The van der Waals surface area contributed by atoms with Gasteiger partial charge in [-0.15, -0.1) is 23.1 Å². The molecule has 13 heteroatoms. The molecule has 1 aromatic carbocycles. The van der Waals surface area contributed by atoms with Crippen molar-refractivity contribution in [3.63, 3.8) is 0 Å². The van der Waals surface area contributed by atoms with Crippen LogP contribution in [0.1, 0.15) is 16.7 Å². The van der Waals surface area contributed by atoms with Crippen LogP contribution in [0.5, 0.6) is 0 Å². The topological polar surface area (TPSA) is 70.2 Å². The number of nitrogens with zero attached hydrogens (tertiary/aromatic N) is 3. The van der Waals surface area contributed by atoms with Gasteiger partial charge < -0.3 is 10.6 Å². The van der Waals surface area contributed by atoms with Crippen molar-refractivity contribution in [3.8, 4) is 10.6 Å². The van der Waals surface area contributed by atoms with Gasteiger partial charge in [-0.3, -0.25) is 0 Å². The summed E-state index contributed by atoms with van der Waals surface area (Å²) in [6.07, 6.45) is -3.87. The van der Waals surface area contributed by atoms with Crippen LogP contribution in [0.3, 0.4) is 0 Å². The van der Waals surface area contributed by atoms with Crippen LogP contribution in [0, 0.1) is 0 Å². The second kappa shape index (κ2) is 8.82. The van der Waals surface area contributed by atoms with Gasteiger partial charge in [0.15, 0.2) is 0 Å². The van der Waals surface area contributed by atoms with Gasteiger partial charge in [0, 0.05) is 43.5 Å². The molecule has 0 aliphatic carbocycles. The first kappa shape index (κ1) is 23.1. The third-order valence-corrected chi connectivity index (χ3v) is 9.76. The van der Waals surface area contributed by atoms with Crippen LogP contribution in [-0.2, 0) is 30.3 Å². The number of thioether (sulfide) groups is 1. The minimum absolute atomic E-state index is 0.000272. The molecule has 0 amide bonds. The van der Waals surface area contributed by atoms with E-state index in [9.17, 15) is 17.4 Å². The van der Waals surface area contributed by atoms with Crippen molar-refractivity contribution >= 4 is 57.3 Å². The van der Waals surface area contributed by atoms with Crippen LogP contribution in [0.25, 0.3) is 10.6 Å². The first-order valence-electron chi connectivity index (χ1n) is 9.84. The normalized spacial score (nSPS) is 18.6. The van der Waals surface area contributed by atoms with Crippen molar-refractivity contribution in [3.05, 3.63) is 46.1 Å². The number of anilines is 2. The summed E-state index contributed by atoms with van der Waals surface area (Å²) in [7, 11) is 0.300. The van der Waals surface area contributed by atoms with E-state index in [0.717, 1.165) is 28.7 Å². The third-order valence-electron chi connectivity index (χ3n) is 5.27. The lowest BCUT2D eigenvalue weighted by molar-refractivity contribution is -0.137. The molecule has 1 unspecified atom stereocenters. The van der Waals surface area contributed by atoms with E-state index in [0.29, 0.717) is 45.2 Å². The average Bonchev–Trinajstić information content (AvgIpc) is 3.36. The Labute approximate surface area is 203 Å². The fourth-order valence-electron chi connectivity index (χ4n) is 3.58. The number of nitrogens with one attached hydrogen (secondary N) is 2. The van der Waals surface area contributed by atoms with Gasteiger partial charge in [-0.25, -0.2) is 18.5 Å². The highest BCUT2D eigenvalue weighted by Crippen LogP contribution is 2.44. The van der Waals surface area contributed by atoms with Gasteiger partial charge in [-0.05, 0) is 29.3 Å². The molecule has 0 saturated heterocycles. The molecule has 2 aliphatic heterocycles. The summed E-state index contributed by atoms with van der Waals surface area (Å²) in [5.74, 6) is 0.695. The lowest BCUT2D eigenvalue weighted by Gasteiger charge is -2.14. The number of hydrogen-bond acceptors (Lipinski definition) is 7. The summed E-state index contributed by atoms with van der Waals surface area (Å²) in [6, 6.07) is 5.31. The summed E-state index contributed by atoms with van der Waals surface area (Å²) in [5, 5.41) is 6.61. The number of rotatable bonds is 3. The fraction of sp³-hybridized carbons (Fsp3) is 0.300. The van der Waals surface area contributed by atoms with E-state index in [1.54, 1.807) is 17.4 Å². The summed E-state index contributed by atoms with van der Waals surface area (Å²) >= 11 is 8.91. The van der Waals surface area contributed by atoms with Gasteiger partial charge in [-0.2, -0.15) is 13.2 Å². The second-order valence-electron chi connectivity index (χ2n) is 7.49. The molecule has 0 fully saturated rings. The number of thiophene rings is 1. The van der Waals surface area contributed by atoms with Crippen molar-refractivity contribution in [2.75, 3.05) is 24.7 Å². The predicted molar refractivity (Wildman–Crippen MR) is 125 cm³/mol. The van der Waals surface area contributed by atoms with Crippen LogP contribution < -0.4 is 10.6 Å². The van der Waals surface area contributed by atoms with E-state index in [1.807, 2.05) is 12.1 Å². The monoisotopic (exact) mass is 531 g/mol. The highest BCUT2D eigenvalue weighted by Gasteiger charge is 2.37. The minimum Gasteiger partial charge on any atom is -0.323 e. The standard InChI is InChI=1S/C20H17ClF3N5OS3/c1-29-2-3-31-16-6-15(32-18(16)33(29)30)17-12(20(22,23)24)9-26-19(28-17)27-14-5-11-8-25-7-10(11)4-13(14)21/h4-6,9,25H,2-3,7-8H2,1H3,(H,26,27,28). The Morgan fingerprint density at radius 3 is 2.76 bits per heavy atom. The van der Waals surface area contributed by atoms with E-state index in [4.69, 9.17) is 11.6 Å². The Hall–Kier alpha value is -1.70. The zero-order valence-electron chi connectivity index (χ0n) is 17.1. The first-order chi connectivity index (χ1) is 15.7. The lowest BCUT2D eigenvalue weighted by Crippen LogP contribution is -2.21. The van der Waals surface area contributed by atoms with Crippen molar-refractivity contribution in [2.24, 2.45) is 0 Å². The van der Waals surface area contributed by atoms with Crippen LogP contribution in [0.4, 0.5) is 24.8 Å². The third kappa shape index (κ3) is 4.52. The average molecular weight is 532 g/mol. The van der Waals surface area contributed by atoms with Crippen LogP contribution in [0.2, 0.25) is 5.02 Å². The Balaban J connectivity index is 1.56. The summed E-state index contributed by atoms with van der Waals surface area (Å²) < 4.78 is 56.4. The minimum atomic E-state index is -4.64. The molecule has 0 radical (unpaired) electrons. The zero-order chi connectivity index (χ0) is 23.3. The zero-order valence-corrected chi connectivity index (χ0v) is 20.3. The molecule has 4 heterocycles. The molecule has 1 atom stereocenters. The fourth-order valence-corrected chi connectivity index (χ4v) is 8.09. The van der Waals surface area contributed by atoms with Gasteiger partial charge in [-0.1, -0.05) is 11.6 Å². The van der Waals surface area contributed by atoms with Gasteiger partial charge in [0.05, 0.1) is 21.3 Å². The highest BCUT2D eigenvalue weighted by atomic mass is 35.5. The van der Waals surface area contributed by atoms with Crippen molar-refractivity contribution in [1.29, 1.82) is 0 Å². The van der Waals surface area contributed by atoms with Gasteiger partial charge in [0.2, 0.25) is 5.95 Å². The Morgan fingerprint density at radius 1 is 1.24 bits per heavy atom. The number of aromatic nitrogens is 2. The Bertz CT molecular complexity index is 1270. The molecule has 33 heavy (non-hydrogen) atoms. The molecular formula is C20H17ClF3N5OS3. The molecule has 2 aromatic heterocycles. The van der Waals surface area contributed by atoms with E-state index in [2.05, 4.69) is 20.6 Å². The maximum atomic E-state index is 13.8. The molecule has 2 N–H and O–H groups in total. The van der Waals surface area contributed by atoms with Crippen LogP contribution in [0.15, 0.2) is 33.5 Å². The summed E-state index contributed by atoms with van der Waals surface area (Å²) in [6.45, 7) is 2.03. The van der Waals surface area contributed by atoms with Crippen molar-refractivity contribution in [1.82, 2.24) is 19.6 Å². The van der Waals surface area contributed by atoms with Crippen molar-refractivity contribution in [2.45, 2.75) is 28.4 Å². The van der Waals surface area contributed by atoms with Gasteiger partial charge >= 0.3 is 6.18 Å². The van der Waals surface area contributed by atoms with Gasteiger partial charge in [0.1, 0.15) is 20.8 Å². The molecule has 0 spiro atoms. The quantitative estimate of drug-likeness (QED) is 0.479. The smallest absolute Gasteiger partial charge is 0.323 e. The first-order valence-corrected chi connectivity index (χ1v) is 13.1. The maximum absolute atomic E-state index is 13.8. The summed E-state index contributed by atoms with van der Waals surface area (Å²) in [5.41, 5.74) is 1.45. The Kier molecular flexibility index (Phi) is 6.17. The molecule has 2 aliphatic rings. The molecule has 0 saturated carbocycles. The number of fused-ring (bicyclic) bond motifs is 2. The maximum Gasteiger partial charge on any atom is 0.420 e. The second-order valence-corrected chi connectivity index (χ2v) is 11.9. The molecule has 0 bridgehead atoms. The number of halogens is 4. The van der Waals surface area contributed by atoms with E-state index < -0.39 is 22.7 Å².